The van der Waals surface area contributed by atoms with Crippen molar-refractivity contribution in [3.05, 3.63) is 0 Å². The Morgan fingerprint density at radius 1 is 0.412 bits per heavy atom. The Balaban J connectivity index is -0.0000000905. The topological polar surface area (TPSA) is 0 Å². The Hall–Kier alpha value is 0. The van der Waals surface area contributed by atoms with E-state index < -0.39 is 0 Å². The molecule has 0 heteroatoms. The van der Waals surface area contributed by atoms with Gasteiger partial charge in [0.2, 0.25) is 0 Å². The Morgan fingerprint density at radius 2 is 0.529 bits per heavy atom. The first-order valence-electron chi connectivity index (χ1n) is 8.18. The zero-order valence-electron chi connectivity index (χ0n) is 14.9. The van der Waals surface area contributed by atoms with Crippen molar-refractivity contribution < 1.29 is 0 Å². The molecule has 1 saturated carbocycles. The lowest BCUT2D eigenvalue weighted by atomic mass is 9.78. The molecule has 110 valence electrons. The Labute approximate surface area is 114 Å². The van der Waals surface area contributed by atoms with Crippen molar-refractivity contribution in [2.75, 3.05) is 0 Å². The molecular weight excluding hydrogens is 204 g/mol. The van der Waals surface area contributed by atoms with Crippen LogP contribution < -0.4 is 0 Å². The van der Waals surface area contributed by atoms with Gasteiger partial charge in [0.25, 0.3) is 0 Å². The molecule has 0 N–H and O–H groups in total. The fourth-order valence-electron chi connectivity index (χ4n) is 2.35. The third kappa shape index (κ3) is 21.8. The minimum atomic E-state index is 0.990. The molecule has 0 aromatic rings. The molecule has 0 nitrogen and oxygen atoms in total. The van der Waals surface area contributed by atoms with Crippen LogP contribution in [0.4, 0.5) is 0 Å². The van der Waals surface area contributed by atoms with Crippen LogP contribution in [0.5, 0.6) is 0 Å². The minimum Gasteiger partial charge on any atom is -0.0683 e. The van der Waals surface area contributed by atoms with E-state index in [-0.39, 0.29) is 0 Å². The molecule has 0 aromatic carbocycles. The molecule has 0 spiro atoms. The van der Waals surface area contributed by atoms with Gasteiger partial charge < -0.3 is 0 Å². The summed E-state index contributed by atoms with van der Waals surface area (Å²) in [4.78, 5) is 0. The van der Waals surface area contributed by atoms with E-state index in [0.717, 1.165) is 17.8 Å². The summed E-state index contributed by atoms with van der Waals surface area (Å²) in [5.41, 5.74) is 0. The maximum Gasteiger partial charge on any atom is -0.0438 e. The molecular formula is C17H42. The van der Waals surface area contributed by atoms with Gasteiger partial charge in [-0.05, 0) is 37.0 Å². The van der Waals surface area contributed by atoms with Gasteiger partial charge in [0.1, 0.15) is 0 Å². The van der Waals surface area contributed by atoms with Crippen LogP contribution in [0.25, 0.3) is 0 Å². The molecule has 1 fully saturated rings. The molecule has 0 atom stereocenters. The first-order chi connectivity index (χ1) is 8.18. The van der Waals surface area contributed by atoms with Crippen molar-refractivity contribution >= 4 is 0 Å². The van der Waals surface area contributed by atoms with Gasteiger partial charge >= 0.3 is 0 Å². The van der Waals surface area contributed by atoms with Gasteiger partial charge in [-0.2, -0.15) is 0 Å². The fourth-order valence-corrected chi connectivity index (χ4v) is 2.35. The van der Waals surface area contributed by atoms with Crippen LogP contribution in [0.15, 0.2) is 0 Å². The van der Waals surface area contributed by atoms with E-state index in [2.05, 4.69) is 20.8 Å². The van der Waals surface area contributed by atoms with Crippen LogP contribution in [0.3, 0.4) is 0 Å². The van der Waals surface area contributed by atoms with Crippen molar-refractivity contribution in [2.24, 2.45) is 17.8 Å². The molecule has 0 unspecified atom stereocenters. The Bertz CT molecular complexity index is 61.0. The average Bonchev–Trinajstić information content (AvgIpc) is 2.37. The van der Waals surface area contributed by atoms with E-state index in [9.17, 15) is 0 Å². The highest BCUT2D eigenvalue weighted by Gasteiger charge is 2.19. The molecule has 0 bridgehead atoms. The summed E-state index contributed by atoms with van der Waals surface area (Å²) in [5, 5.41) is 0. The summed E-state index contributed by atoms with van der Waals surface area (Å²) in [7, 11) is 0. The zero-order valence-corrected chi connectivity index (χ0v) is 14.9. The molecule has 1 aliphatic rings. The first kappa shape index (κ1) is 25.8. The standard InChI is InChI=1S/C9H18.4C2H6/c1-7-4-8(2)6-9(3)5-7;4*1-2/h7-9H,4-6H2,1-3H3;4*1-2H3. The number of hydrogen-bond acceptors (Lipinski definition) is 0. The van der Waals surface area contributed by atoms with Crippen LogP contribution in [-0.4, -0.2) is 0 Å². The predicted octanol–water partition coefficient (Wildman–Crippen LogP) is 7.18. The predicted molar refractivity (Wildman–Crippen MR) is 86.7 cm³/mol. The SMILES string of the molecule is CC.CC.CC.CC.CC1CC(C)CC(C)C1. The van der Waals surface area contributed by atoms with E-state index in [0.29, 0.717) is 0 Å². The van der Waals surface area contributed by atoms with Crippen molar-refractivity contribution in [2.45, 2.75) is 95.4 Å². The van der Waals surface area contributed by atoms with Crippen molar-refractivity contribution in [1.29, 1.82) is 0 Å². The second kappa shape index (κ2) is 25.0. The van der Waals surface area contributed by atoms with Gasteiger partial charge in [0, 0.05) is 0 Å². The van der Waals surface area contributed by atoms with Gasteiger partial charge in [-0.15, -0.1) is 0 Å². The largest absolute Gasteiger partial charge is 0.0683 e. The van der Waals surface area contributed by atoms with E-state index in [4.69, 9.17) is 0 Å². The summed E-state index contributed by atoms with van der Waals surface area (Å²) < 4.78 is 0. The molecule has 0 aliphatic heterocycles. The highest BCUT2D eigenvalue weighted by molar-refractivity contribution is 4.71. The molecule has 17 heavy (non-hydrogen) atoms. The summed E-state index contributed by atoms with van der Waals surface area (Å²) in [6.45, 7) is 23.1. The van der Waals surface area contributed by atoms with Gasteiger partial charge in [-0.25, -0.2) is 0 Å². The van der Waals surface area contributed by atoms with E-state index >= 15 is 0 Å². The normalized spacial score (nSPS) is 25.2. The molecule has 0 heterocycles. The van der Waals surface area contributed by atoms with Crippen LogP contribution >= 0.6 is 0 Å². The average molecular weight is 247 g/mol. The third-order valence-corrected chi connectivity index (χ3v) is 2.41. The van der Waals surface area contributed by atoms with Crippen LogP contribution in [0.1, 0.15) is 95.4 Å². The number of hydrogen-bond donors (Lipinski definition) is 0. The highest BCUT2D eigenvalue weighted by Crippen LogP contribution is 2.31. The molecule has 1 aliphatic carbocycles. The summed E-state index contributed by atoms with van der Waals surface area (Å²) in [6.07, 6.45) is 4.39. The van der Waals surface area contributed by atoms with Gasteiger partial charge in [-0.1, -0.05) is 76.2 Å². The molecule has 0 amide bonds. The van der Waals surface area contributed by atoms with Crippen LogP contribution in [-0.2, 0) is 0 Å². The lowest BCUT2D eigenvalue weighted by Crippen LogP contribution is -2.16. The summed E-state index contributed by atoms with van der Waals surface area (Å²) in [5.74, 6) is 2.97. The van der Waals surface area contributed by atoms with Crippen molar-refractivity contribution in [3.63, 3.8) is 0 Å². The van der Waals surface area contributed by atoms with E-state index in [1.165, 1.54) is 19.3 Å². The van der Waals surface area contributed by atoms with Gasteiger partial charge in [-0.3, -0.25) is 0 Å². The lowest BCUT2D eigenvalue weighted by Gasteiger charge is -2.28. The van der Waals surface area contributed by atoms with Gasteiger partial charge in [0.15, 0.2) is 0 Å². The third-order valence-electron chi connectivity index (χ3n) is 2.41. The molecule has 0 radical (unpaired) electrons. The Kier molecular flexibility index (Phi) is 37.9. The fraction of sp³-hybridized carbons (Fsp3) is 1.00. The molecule has 0 aromatic heterocycles. The second-order valence-electron chi connectivity index (χ2n) is 4.02. The maximum atomic E-state index is 2.38. The quantitative estimate of drug-likeness (QED) is 0.424. The van der Waals surface area contributed by atoms with E-state index in [1.807, 2.05) is 55.4 Å². The number of rotatable bonds is 0. The monoisotopic (exact) mass is 246 g/mol. The minimum absolute atomic E-state index is 0.990. The van der Waals surface area contributed by atoms with Crippen LogP contribution in [0.2, 0.25) is 0 Å². The summed E-state index contributed by atoms with van der Waals surface area (Å²) in [6, 6.07) is 0. The maximum absolute atomic E-state index is 2.38. The zero-order chi connectivity index (χ0) is 14.9. The van der Waals surface area contributed by atoms with Crippen molar-refractivity contribution in [1.82, 2.24) is 0 Å². The molecule has 0 saturated heterocycles. The van der Waals surface area contributed by atoms with Crippen LogP contribution in [0, 0.1) is 17.8 Å². The smallest absolute Gasteiger partial charge is 0.0438 e. The highest BCUT2D eigenvalue weighted by atomic mass is 14.3. The van der Waals surface area contributed by atoms with Gasteiger partial charge in [0.05, 0.1) is 0 Å². The van der Waals surface area contributed by atoms with E-state index in [1.54, 1.807) is 0 Å². The summed E-state index contributed by atoms with van der Waals surface area (Å²) >= 11 is 0. The molecule has 1 rings (SSSR count). The lowest BCUT2D eigenvalue weighted by molar-refractivity contribution is 0.233. The Morgan fingerprint density at radius 3 is 0.647 bits per heavy atom. The first-order valence-corrected chi connectivity index (χ1v) is 8.18. The second-order valence-corrected chi connectivity index (χ2v) is 4.02. The van der Waals surface area contributed by atoms with Crippen molar-refractivity contribution in [3.8, 4) is 0 Å².